The summed E-state index contributed by atoms with van der Waals surface area (Å²) in [6.45, 7) is 15.4. The molecule has 300 valence electrons. The fourth-order valence-electron chi connectivity index (χ4n) is 7.20. The van der Waals surface area contributed by atoms with Gasteiger partial charge in [-0.15, -0.1) is 5.10 Å². The van der Waals surface area contributed by atoms with Crippen molar-refractivity contribution < 1.29 is 38.3 Å². The number of piperidine rings is 1. The van der Waals surface area contributed by atoms with Gasteiger partial charge in [0.1, 0.15) is 34.7 Å². The van der Waals surface area contributed by atoms with Gasteiger partial charge in [-0.25, -0.2) is 14.3 Å². The molecular weight excluding hydrogens is 704 g/mol. The second-order valence-corrected chi connectivity index (χ2v) is 15.8. The molecule has 2 aromatic carbocycles. The largest absolute Gasteiger partial charge is 0.497 e. The Bertz CT molecular complexity index is 1870. The van der Waals surface area contributed by atoms with E-state index in [1.807, 2.05) is 64.1 Å². The smallest absolute Gasteiger partial charge is 0.410 e. The van der Waals surface area contributed by atoms with Gasteiger partial charge in [0, 0.05) is 49.4 Å². The van der Waals surface area contributed by atoms with E-state index in [-0.39, 0.29) is 24.1 Å². The zero-order valence-corrected chi connectivity index (χ0v) is 34.2. The summed E-state index contributed by atoms with van der Waals surface area (Å²) in [5, 5.41) is 17.0. The van der Waals surface area contributed by atoms with Gasteiger partial charge >= 0.3 is 12.1 Å². The number of rotatable bonds is 15. The highest BCUT2D eigenvalue weighted by Crippen LogP contribution is 2.44. The number of amides is 1. The number of hydrogen-bond donors (Lipinski definition) is 1. The monoisotopic (exact) mass is 762 g/mol. The Labute approximate surface area is 324 Å². The number of benzene rings is 2. The number of aromatic nitrogens is 4. The van der Waals surface area contributed by atoms with Crippen LogP contribution in [0.5, 0.6) is 29.0 Å². The summed E-state index contributed by atoms with van der Waals surface area (Å²) in [6.07, 6.45) is 2.45. The van der Waals surface area contributed by atoms with Crippen LogP contribution in [0.2, 0.25) is 0 Å². The van der Waals surface area contributed by atoms with Crippen LogP contribution < -0.4 is 28.6 Å². The first-order chi connectivity index (χ1) is 26.1. The first-order valence-electron chi connectivity index (χ1n) is 18.9. The maximum Gasteiger partial charge on any atom is 0.410 e. The van der Waals surface area contributed by atoms with E-state index in [2.05, 4.69) is 25.7 Å². The van der Waals surface area contributed by atoms with E-state index in [4.69, 9.17) is 43.5 Å². The number of hydrogen-bond acceptors (Lipinski definition) is 12. The highest BCUT2D eigenvalue weighted by molar-refractivity contribution is 5.68. The van der Waals surface area contributed by atoms with Gasteiger partial charge in [-0.2, -0.15) is 4.98 Å². The van der Waals surface area contributed by atoms with Crippen LogP contribution in [0.4, 0.5) is 10.6 Å². The van der Waals surface area contributed by atoms with Crippen LogP contribution in [0.3, 0.4) is 0 Å². The summed E-state index contributed by atoms with van der Waals surface area (Å²) < 4.78 is 36.3. The third-order valence-corrected chi connectivity index (χ3v) is 10.0. The molecule has 2 aromatic heterocycles. The molecule has 0 saturated carbocycles. The van der Waals surface area contributed by atoms with Gasteiger partial charge in [0.2, 0.25) is 0 Å². The van der Waals surface area contributed by atoms with E-state index >= 15 is 0 Å². The molecule has 0 bridgehead atoms. The fraction of sp³-hybridized carbons (Fsp3) is 0.561. The van der Waals surface area contributed by atoms with Crippen LogP contribution in [0, 0.1) is 11.3 Å². The van der Waals surface area contributed by atoms with Crippen molar-refractivity contribution in [1.82, 2.24) is 24.5 Å². The molecule has 1 aliphatic rings. The number of ether oxygens (including phenoxy) is 6. The lowest BCUT2D eigenvalue weighted by Gasteiger charge is -2.45. The Balaban J connectivity index is 1.61. The number of nitrogens with zero attached hydrogens (tertiary/aromatic N) is 6. The molecule has 0 radical (unpaired) electrons. The topological polar surface area (TPSA) is 142 Å². The van der Waals surface area contributed by atoms with Gasteiger partial charge in [0.05, 0.1) is 46.4 Å². The van der Waals surface area contributed by atoms with Crippen LogP contribution in [0.25, 0.3) is 5.65 Å². The average Bonchev–Trinajstić information content (AvgIpc) is 3.57. The zero-order valence-electron chi connectivity index (χ0n) is 34.2. The van der Waals surface area contributed by atoms with E-state index in [0.717, 1.165) is 24.0 Å². The predicted molar refractivity (Wildman–Crippen MR) is 209 cm³/mol. The van der Waals surface area contributed by atoms with E-state index < -0.39 is 17.1 Å². The maximum atomic E-state index is 13.0. The molecule has 1 N–H and O–H groups in total. The molecule has 0 aliphatic carbocycles. The third-order valence-electron chi connectivity index (χ3n) is 10.0. The molecule has 2 unspecified atom stereocenters. The normalized spacial score (nSPS) is 16.7. The standard InChI is InChI=1S/C41H58N6O8/c1-12-13-26(2)54-38-43-37(46(23-27-14-16-29(50-8)20-33(27)52-10)24-28-15-17-30(51-9)21-34(28)53-11)36-42-22-32(47(36)44-38)35(48)31-18-19-45(25-41(31,6)7)39(49)55-40(3,4)5/h14-17,20-22,26,31,35,48H,12-13,18-19,23-25H2,1-11H3/t26-,31?,35?/m0/s1. The first-order valence-corrected chi connectivity index (χ1v) is 18.9. The second-order valence-electron chi connectivity index (χ2n) is 15.8. The van der Waals surface area contributed by atoms with Gasteiger partial charge in [-0.1, -0.05) is 27.2 Å². The molecule has 4 aromatic rings. The van der Waals surface area contributed by atoms with Crippen molar-refractivity contribution in [2.75, 3.05) is 46.4 Å². The molecule has 1 aliphatic heterocycles. The average molecular weight is 763 g/mol. The number of carbonyl (C=O) groups is 1. The van der Waals surface area contributed by atoms with Crippen molar-refractivity contribution in [3.63, 3.8) is 0 Å². The number of anilines is 1. The molecule has 3 atom stereocenters. The van der Waals surface area contributed by atoms with Gasteiger partial charge in [-0.05, 0) is 76.1 Å². The quantitative estimate of drug-likeness (QED) is 0.130. The summed E-state index contributed by atoms with van der Waals surface area (Å²) in [6, 6.07) is 11.5. The van der Waals surface area contributed by atoms with Crippen molar-refractivity contribution in [3.05, 3.63) is 59.4 Å². The molecule has 1 fully saturated rings. The Morgan fingerprint density at radius 2 is 1.58 bits per heavy atom. The number of aliphatic hydroxyl groups is 1. The van der Waals surface area contributed by atoms with Crippen molar-refractivity contribution >= 4 is 17.6 Å². The Morgan fingerprint density at radius 3 is 2.09 bits per heavy atom. The lowest BCUT2D eigenvalue weighted by atomic mass is 9.70. The van der Waals surface area contributed by atoms with Gasteiger partial charge in [0.15, 0.2) is 11.5 Å². The second kappa shape index (κ2) is 17.2. The summed E-state index contributed by atoms with van der Waals surface area (Å²) in [5.74, 6) is 2.88. The maximum absolute atomic E-state index is 13.0. The SMILES string of the molecule is CCC[C@H](C)Oc1nc(N(Cc2ccc(OC)cc2OC)Cc2ccc(OC)cc2OC)c2ncc(C(O)C3CCN(C(=O)OC(C)(C)C)CC3(C)C)n2n1. The number of carbonyl (C=O) groups excluding carboxylic acids is 1. The van der Waals surface area contributed by atoms with E-state index in [1.165, 1.54) is 0 Å². The predicted octanol–water partition coefficient (Wildman–Crippen LogP) is 7.25. The Kier molecular flexibility index (Phi) is 12.9. The summed E-state index contributed by atoms with van der Waals surface area (Å²) in [4.78, 5) is 26.7. The first kappa shape index (κ1) is 41.2. The molecule has 1 saturated heterocycles. The molecule has 14 heteroatoms. The third kappa shape index (κ3) is 9.64. The summed E-state index contributed by atoms with van der Waals surface area (Å²) in [5.41, 5.74) is 1.61. The molecular formula is C41H58N6O8. The number of fused-ring (bicyclic) bond motifs is 1. The minimum absolute atomic E-state index is 0.155. The van der Waals surface area contributed by atoms with Crippen LogP contribution >= 0.6 is 0 Å². The molecule has 5 rings (SSSR count). The van der Waals surface area contributed by atoms with Crippen molar-refractivity contribution in [2.45, 2.75) is 98.6 Å². The lowest BCUT2D eigenvalue weighted by Crippen LogP contribution is -2.51. The fourth-order valence-corrected chi connectivity index (χ4v) is 7.20. The number of aliphatic hydroxyl groups excluding tert-OH is 1. The minimum Gasteiger partial charge on any atom is -0.497 e. The molecule has 0 spiro atoms. The Hall–Kier alpha value is -4.98. The molecule has 55 heavy (non-hydrogen) atoms. The summed E-state index contributed by atoms with van der Waals surface area (Å²) in [7, 11) is 6.48. The lowest BCUT2D eigenvalue weighted by molar-refractivity contribution is -0.0415. The van der Waals surface area contributed by atoms with Gasteiger partial charge in [0.25, 0.3) is 0 Å². The van der Waals surface area contributed by atoms with Crippen LogP contribution in [0.15, 0.2) is 42.6 Å². The number of methoxy groups -OCH3 is 4. The highest BCUT2D eigenvalue weighted by atomic mass is 16.6. The van der Waals surface area contributed by atoms with Crippen LogP contribution in [-0.2, 0) is 17.8 Å². The van der Waals surface area contributed by atoms with Gasteiger partial charge in [-0.3, -0.25) is 0 Å². The number of likely N-dealkylation sites (tertiary alicyclic amines) is 1. The van der Waals surface area contributed by atoms with Crippen LogP contribution in [-0.4, -0.2) is 88.9 Å². The molecule has 1 amide bonds. The van der Waals surface area contributed by atoms with Crippen molar-refractivity contribution in [1.29, 1.82) is 0 Å². The summed E-state index contributed by atoms with van der Waals surface area (Å²) >= 11 is 0. The Morgan fingerprint density at radius 1 is 0.982 bits per heavy atom. The highest BCUT2D eigenvalue weighted by Gasteiger charge is 2.43. The van der Waals surface area contributed by atoms with Crippen molar-refractivity contribution in [2.24, 2.45) is 11.3 Å². The van der Waals surface area contributed by atoms with E-state index in [0.29, 0.717) is 72.8 Å². The van der Waals surface area contributed by atoms with E-state index in [9.17, 15) is 9.90 Å². The van der Waals surface area contributed by atoms with E-state index in [1.54, 1.807) is 44.1 Å². The zero-order chi connectivity index (χ0) is 40.1. The van der Waals surface area contributed by atoms with Gasteiger partial charge < -0.3 is 43.3 Å². The minimum atomic E-state index is -0.966. The number of imidazole rings is 1. The molecule has 3 heterocycles. The molecule has 14 nitrogen and oxygen atoms in total. The van der Waals surface area contributed by atoms with Crippen LogP contribution in [0.1, 0.15) is 90.7 Å². The van der Waals surface area contributed by atoms with Crippen molar-refractivity contribution in [3.8, 4) is 29.0 Å².